The van der Waals surface area contributed by atoms with Gasteiger partial charge in [0.05, 0.1) is 5.56 Å². The Labute approximate surface area is 166 Å². The first-order valence-corrected chi connectivity index (χ1v) is 10.3. The van der Waals surface area contributed by atoms with Gasteiger partial charge in [0.25, 0.3) is 5.91 Å². The summed E-state index contributed by atoms with van der Waals surface area (Å²) in [6.07, 6.45) is 9.66. The Morgan fingerprint density at radius 2 is 2.00 bits per heavy atom. The molecule has 1 atom stereocenters. The Bertz CT molecular complexity index is 754. The molecule has 7 nitrogen and oxygen atoms in total. The van der Waals surface area contributed by atoms with E-state index in [0.29, 0.717) is 17.4 Å². The fourth-order valence-electron chi connectivity index (χ4n) is 4.30. The van der Waals surface area contributed by atoms with Gasteiger partial charge in [-0.3, -0.25) is 9.48 Å². The molecule has 4 rings (SSSR count). The van der Waals surface area contributed by atoms with E-state index in [4.69, 9.17) is 0 Å². The molecule has 2 saturated heterocycles. The fourth-order valence-corrected chi connectivity index (χ4v) is 4.30. The van der Waals surface area contributed by atoms with Gasteiger partial charge < -0.3 is 14.9 Å². The number of rotatable bonds is 5. The van der Waals surface area contributed by atoms with Gasteiger partial charge in [-0.25, -0.2) is 4.98 Å². The van der Waals surface area contributed by atoms with Crippen LogP contribution in [0.1, 0.15) is 36.0 Å². The maximum atomic E-state index is 12.8. The van der Waals surface area contributed by atoms with E-state index in [9.17, 15) is 9.90 Å². The third-order valence-corrected chi connectivity index (χ3v) is 6.00. The Balaban J connectivity index is 1.31. The van der Waals surface area contributed by atoms with Crippen molar-refractivity contribution >= 4 is 11.7 Å². The minimum atomic E-state index is 0.0727. The van der Waals surface area contributed by atoms with Gasteiger partial charge in [-0.05, 0) is 55.7 Å². The monoisotopic (exact) mass is 383 g/mol. The number of carbonyl (C=O) groups excluding carboxylic acids is 1. The number of aromatic nitrogens is 3. The molecule has 7 heteroatoms. The lowest BCUT2D eigenvalue weighted by molar-refractivity contribution is 0.0681. The Morgan fingerprint density at radius 1 is 1.14 bits per heavy atom. The molecule has 0 spiro atoms. The van der Waals surface area contributed by atoms with Crippen LogP contribution in [0.3, 0.4) is 0 Å². The molecule has 0 radical (unpaired) electrons. The van der Waals surface area contributed by atoms with Gasteiger partial charge in [-0.2, -0.15) is 5.10 Å². The number of anilines is 1. The second-order valence-corrected chi connectivity index (χ2v) is 8.01. The first-order valence-electron chi connectivity index (χ1n) is 10.3. The summed E-state index contributed by atoms with van der Waals surface area (Å²) in [7, 11) is 0. The molecular formula is C21H29N5O2. The van der Waals surface area contributed by atoms with Crippen molar-refractivity contribution in [3.8, 4) is 0 Å². The molecule has 1 N–H and O–H groups in total. The highest BCUT2D eigenvalue weighted by Crippen LogP contribution is 2.23. The first-order chi connectivity index (χ1) is 13.7. The smallest absolute Gasteiger partial charge is 0.255 e. The number of hydrogen-bond donors (Lipinski definition) is 1. The number of amides is 1. The van der Waals surface area contributed by atoms with Crippen LogP contribution in [0.15, 0.2) is 36.8 Å². The van der Waals surface area contributed by atoms with Crippen molar-refractivity contribution in [1.82, 2.24) is 19.7 Å². The number of likely N-dealkylation sites (tertiary alicyclic amines) is 1. The topological polar surface area (TPSA) is 74.5 Å². The van der Waals surface area contributed by atoms with Crippen molar-refractivity contribution in [1.29, 1.82) is 0 Å². The van der Waals surface area contributed by atoms with E-state index < -0.39 is 0 Å². The van der Waals surface area contributed by atoms with E-state index in [-0.39, 0.29) is 12.5 Å². The summed E-state index contributed by atoms with van der Waals surface area (Å²) in [5.41, 5.74) is 0.657. The maximum Gasteiger partial charge on any atom is 0.255 e. The minimum absolute atomic E-state index is 0.0727. The molecule has 0 aromatic carbocycles. The summed E-state index contributed by atoms with van der Waals surface area (Å²) in [4.78, 5) is 21.5. The van der Waals surface area contributed by atoms with Crippen molar-refractivity contribution in [2.24, 2.45) is 11.8 Å². The van der Waals surface area contributed by atoms with E-state index in [2.05, 4.69) is 15.0 Å². The summed E-state index contributed by atoms with van der Waals surface area (Å²) in [6.45, 7) is 4.52. The quantitative estimate of drug-likeness (QED) is 0.855. The van der Waals surface area contributed by atoms with Gasteiger partial charge in [0.2, 0.25) is 0 Å². The van der Waals surface area contributed by atoms with Crippen LogP contribution in [0.25, 0.3) is 0 Å². The number of carbonyl (C=O) groups is 1. The molecule has 0 saturated carbocycles. The van der Waals surface area contributed by atoms with Gasteiger partial charge in [0, 0.05) is 57.9 Å². The molecule has 4 heterocycles. The average Bonchev–Trinajstić information content (AvgIpc) is 3.27. The minimum Gasteiger partial charge on any atom is -0.396 e. The average molecular weight is 383 g/mol. The molecule has 0 aliphatic carbocycles. The van der Waals surface area contributed by atoms with Crippen LogP contribution in [-0.2, 0) is 6.54 Å². The highest BCUT2D eigenvalue weighted by atomic mass is 16.3. The van der Waals surface area contributed by atoms with Gasteiger partial charge in [-0.1, -0.05) is 0 Å². The zero-order chi connectivity index (χ0) is 19.3. The second-order valence-electron chi connectivity index (χ2n) is 8.01. The zero-order valence-corrected chi connectivity index (χ0v) is 16.3. The molecule has 28 heavy (non-hydrogen) atoms. The summed E-state index contributed by atoms with van der Waals surface area (Å²) in [5.74, 6) is 1.86. The lowest BCUT2D eigenvalue weighted by Crippen LogP contribution is -2.39. The number of hydrogen-bond acceptors (Lipinski definition) is 5. The highest BCUT2D eigenvalue weighted by molar-refractivity contribution is 5.94. The summed E-state index contributed by atoms with van der Waals surface area (Å²) < 4.78 is 1.98. The molecule has 150 valence electrons. The maximum absolute atomic E-state index is 12.8. The SMILES string of the molecule is O=C(c1ccc(N2CCC[C@@H](CO)C2)nc1)N1CCC(Cn2cccn2)CC1. The van der Waals surface area contributed by atoms with Gasteiger partial charge >= 0.3 is 0 Å². The standard InChI is InChI=1S/C21H29N5O2/c27-16-18-3-1-9-25(14-18)20-5-4-19(13-22-20)21(28)24-11-6-17(7-12-24)15-26-10-2-8-23-26/h2,4-5,8,10,13,17-18,27H,1,3,6-7,9,11-12,14-16H2/t18-/m1/s1. The van der Waals surface area contributed by atoms with Crippen molar-refractivity contribution < 1.29 is 9.90 Å². The number of nitrogens with zero attached hydrogens (tertiary/aromatic N) is 5. The van der Waals surface area contributed by atoms with Crippen LogP contribution in [0.4, 0.5) is 5.82 Å². The van der Waals surface area contributed by atoms with Crippen LogP contribution in [-0.4, -0.2) is 63.5 Å². The summed E-state index contributed by atoms with van der Waals surface area (Å²) in [6, 6.07) is 5.78. The Kier molecular flexibility index (Phi) is 5.90. The normalized spacial score (nSPS) is 21.1. The van der Waals surface area contributed by atoms with E-state index in [1.54, 1.807) is 6.20 Å². The van der Waals surface area contributed by atoms with Gasteiger partial charge in [0.1, 0.15) is 5.82 Å². The molecule has 0 unspecified atom stereocenters. The molecule has 2 fully saturated rings. The van der Waals surface area contributed by atoms with Crippen LogP contribution < -0.4 is 4.90 Å². The first kappa shape index (κ1) is 18.9. The van der Waals surface area contributed by atoms with Crippen molar-refractivity contribution in [3.05, 3.63) is 42.4 Å². The highest BCUT2D eigenvalue weighted by Gasteiger charge is 2.25. The lowest BCUT2D eigenvalue weighted by Gasteiger charge is -2.33. The molecule has 2 aliphatic rings. The van der Waals surface area contributed by atoms with Crippen molar-refractivity contribution in [2.75, 3.05) is 37.7 Å². The largest absolute Gasteiger partial charge is 0.396 e. The number of aliphatic hydroxyl groups is 1. The third kappa shape index (κ3) is 4.35. The molecule has 1 amide bonds. The second kappa shape index (κ2) is 8.73. The predicted molar refractivity (Wildman–Crippen MR) is 107 cm³/mol. The van der Waals surface area contributed by atoms with E-state index in [0.717, 1.165) is 64.2 Å². The lowest BCUT2D eigenvalue weighted by atomic mass is 9.96. The molecular weight excluding hydrogens is 354 g/mol. The van der Waals surface area contributed by atoms with Gasteiger partial charge in [-0.15, -0.1) is 0 Å². The van der Waals surface area contributed by atoms with Crippen LogP contribution in [0.5, 0.6) is 0 Å². The molecule has 2 aromatic heterocycles. The van der Waals surface area contributed by atoms with Crippen LogP contribution >= 0.6 is 0 Å². The van der Waals surface area contributed by atoms with Crippen molar-refractivity contribution in [2.45, 2.75) is 32.2 Å². The van der Waals surface area contributed by atoms with Gasteiger partial charge in [0.15, 0.2) is 0 Å². The Hall–Kier alpha value is -2.41. The number of piperidine rings is 2. The molecule has 0 bridgehead atoms. The zero-order valence-electron chi connectivity index (χ0n) is 16.3. The van der Waals surface area contributed by atoms with Crippen LogP contribution in [0.2, 0.25) is 0 Å². The molecule has 2 aliphatic heterocycles. The molecule has 2 aromatic rings. The number of aliphatic hydroxyl groups excluding tert-OH is 1. The predicted octanol–water partition coefficient (Wildman–Crippen LogP) is 2.04. The third-order valence-electron chi connectivity index (χ3n) is 6.00. The van der Waals surface area contributed by atoms with E-state index in [1.807, 2.05) is 40.2 Å². The fraction of sp³-hybridized carbons (Fsp3) is 0.571. The van der Waals surface area contributed by atoms with E-state index >= 15 is 0 Å². The van der Waals surface area contributed by atoms with Crippen molar-refractivity contribution in [3.63, 3.8) is 0 Å². The summed E-state index contributed by atoms with van der Waals surface area (Å²) in [5, 5.41) is 13.7. The van der Waals surface area contributed by atoms with E-state index in [1.165, 1.54) is 0 Å². The Morgan fingerprint density at radius 3 is 2.68 bits per heavy atom. The summed E-state index contributed by atoms with van der Waals surface area (Å²) >= 11 is 0. The number of pyridine rings is 1. The van der Waals surface area contributed by atoms with Crippen LogP contribution in [0, 0.1) is 11.8 Å².